The molecule has 0 aromatic heterocycles. The van der Waals surface area contributed by atoms with E-state index < -0.39 is 17.4 Å². The van der Waals surface area contributed by atoms with Crippen LogP contribution >= 0.6 is 11.8 Å². The van der Waals surface area contributed by atoms with Crippen molar-refractivity contribution in [3.8, 4) is 11.8 Å². The molecule has 0 atom stereocenters. The fourth-order valence-corrected chi connectivity index (χ4v) is 3.42. The Bertz CT molecular complexity index is 633. The van der Waals surface area contributed by atoms with E-state index >= 15 is 0 Å². The molecule has 0 saturated heterocycles. The van der Waals surface area contributed by atoms with Crippen LogP contribution in [0.4, 0.5) is 0 Å². The van der Waals surface area contributed by atoms with Crippen molar-refractivity contribution in [3.05, 3.63) is 24.3 Å². The first-order valence-electron chi connectivity index (χ1n) is 8.22. The van der Waals surface area contributed by atoms with E-state index in [2.05, 4.69) is 11.4 Å². The minimum atomic E-state index is -0.806. The van der Waals surface area contributed by atoms with Crippen LogP contribution in [0.2, 0.25) is 0 Å². The van der Waals surface area contributed by atoms with Crippen molar-refractivity contribution in [1.29, 1.82) is 5.26 Å². The van der Waals surface area contributed by atoms with Crippen molar-refractivity contribution >= 4 is 23.6 Å². The molecule has 0 aliphatic heterocycles. The van der Waals surface area contributed by atoms with E-state index in [1.807, 2.05) is 24.3 Å². The molecule has 1 amide bonds. The van der Waals surface area contributed by atoms with Crippen molar-refractivity contribution in [2.45, 2.75) is 42.5 Å². The SMILES string of the molecule is COc1ccc(SCC(=O)OCC(=O)NC2(C#N)CCCCC2)cc1. The van der Waals surface area contributed by atoms with E-state index in [4.69, 9.17) is 9.47 Å². The Hall–Kier alpha value is -2.20. The lowest BCUT2D eigenvalue weighted by Crippen LogP contribution is -2.50. The van der Waals surface area contributed by atoms with Gasteiger partial charge in [0.1, 0.15) is 11.3 Å². The second-order valence-corrected chi connectivity index (χ2v) is 6.98. The Balaban J connectivity index is 1.71. The Kier molecular flexibility index (Phi) is 7.14. The molecular formula is C18H22N2O4S. The van der Waals surface area contributed by atoms with Gasteiger partial charge in [0.25, 0.3) is 5.91 Å². The summed E-state index contributed by atoms with van der Waals surface area (Å²) in [6.07, 6.45) is 4.22. The van der Waals surface area contributed by atoms with Gasteiger partial charge in [0, 0.05) is 4.90 Å². The Morgan fingerprint density at radius 1 is 1.24 bits per heavy atom. The minimum Gasteiger partial charge on any atom is -0.497 e. The number of nitrogens with one attached hydrogen (secondary N) is 1. The average Bonchev–Trinajstić information content (AvgIpc) is 2.66. The van der Waals surface area contributed by atoms with Crippen molar-refractivity contribution in [2.24, 2.45) is 0 Å². The van der Waals surface area contributed by atoms with Crippen LogP contribution < -0.4 is 10.1 Å². The molecule has 1 aromatic rings. The second-order valence-electron chi connectivity index (χ2n) is 5.93. The molecule has 0 heterocycles. The number of ether oxygens (including phenoxy) is 2. The maximum atomic E-state index is 12.0. The van der Waals surface area contributed by atoms with Gasteiger partial charge in [-0.15, -0.1) is 11.8 Å². The highest BCUT2D eigenvalue weighted by Crippen LogP contribution is 2.27. The molecule has 1 aromatic carbocycles. The number of amides is 1. The molecule has 25 heavy (non-hydrogen) atoms. The first kappa shape index (κ1) is 19.1. The Morgan fingerprint density at radius 2 is 1.92 bits per heavy atom. The van der Waals surface area contributed by atoms with Gasteiger partial charge in [0.2, 0.25) is 0 Å². The molecular weight excluding hydrogens is 340 g/mol. The lowest BCUT2D eigenvalue weighted by atomic mass is 9.83. The summed E-state index contributed by atoms with van der Waals surface area (Å²) in [6.45, 7) is -0.356. The molecule has 0 bridgehead atoms. The Labute approximate surface area is 151 Å². The van der Waals surface area contributed by atoms with E-state index in [0.29, 0.717) is 12.8 Å². The summed E-state index contributed by atoms with van der Waals surface area (Å²) in [5.41, 5.74) is -0.806. The van der Waals surface area contributed by atoms with Crippen molar-refractivity contribution in [1.82, 2.24) is 5.32 Å². The first-order valence-corrected chi connectivity index (χ1v) is 9.20. The number of methoxy groups -OCH3 is 1. The number of nitriles is 1. The largest absolute Gasteiger partial charge is 0.497 e. The van der Waals surface area contributed by atoms with Crippen LogP contribution in [0.5, 0.6) is 5.75 Å². The zero-order valence-corrected chi connectivity index (χ0v) is 15.1. The fraction of sp³-hybridized carbons (Fsp3) is 0.500. The molecule has 0 spiro atoms. The summed E-state index contributed by atoms with van der Waals surface area (Å²) in [4.78, 5) is 24.6. The maximum absolute atomic E-state index is 12.0. The number of benzene rings is 1. The number of thioether (sulfide) groups is 1. The van der Waals surface area contributed by atoms with Gasteiger partial charge in [0.05, 0.1) is 18.9 Å². The zero-order valence-electron chi connectivity index (χ0n) is 14.2. The third-order valence-corrected chi connectivity index (χ3v) is 5.07. The highest BCUT2D eigenvalue weighted by Gasteiger charge is 2.33. The molecule has 134 valence electrons. The monoisotopic (exact) mass is 362 g/mol. The molecule has 1 aliphatic rings. The van der Waals surface area contributed by atoms with E-state index in [0.717, 1.165) is 29.9 Å². The van der Waals surface area contributed by atoms with Gasteiger partial charge >= 0.3 is 5.97 Å². The van der Waals surface area contributed by atoms with Crippen LogP contribution in [0.25, 0.3) is 0 Å². The summed E-state index contributed by atoms with van der Waals surface area (Å²) in [6, 6.07) is 9.53. The third kappa shape index (κ3) is 5.98. The van der Waals surface area contributed by atoms with Crippen LogP contribution in [0.1, 0.15) is 32.1 Å². The second kappa shape index (κ2) is 9.33. The van der Waals surface area contributed by atoms with Gasteiger partial charge in [-0.05, 0) is 37.1 Å². The Morgan fingerprint density at radius 3 is 2.52 bits per heavy atom. The maximum Gasteiger partial charge on any atom is 0.316 e. The minimum absolute atomic E-state index is 0.114. The number of esters is 1. The molecule has 1 saturated carbocycles. The van der Waals surface area contributed by atoms with Gasteiger partial charge in [-0.25, -0.2) is 0 Å². The molecule has 1 N–H and O–H groups in total. The normalized spacial score (nSPS) is 15.7. The number of nitrogens with zero attached hydrogens (tertiary/aromatic N) is 1. The molecule has 7 heteroatoms. The predicted octanol–water partition coefficient (Wildman–Crippen LogP) is 2.67. The van der Waals surface area contributed by atoms with E-state index in [-0.39, 0.29) is 12.4 Å². The van der Waals surface area contributed by atoms with Gasteiger partial charge in [-0.1, -0.05) is 19.3 Å². The van der Waals surface area contributed by atoms with Gasteiger partial charge in [0.15, 0.2) is 6.61 Å². The van der Waals surface area contributed by atoms with E-state index in [9.17, 15) is 14.9 Å². The van der Waals surface area contributed by atoms with Crippen LogP contribution in [0, 0.1) is 11.3 Å². The quantitative estimate of drug-likeness (QED) is 0.593. The van der Waals surface area contributed by atoms with Crippen molar-refractivity contribution in [3.63, 3.8) is 0 Å². The summed E-state index contributed by atoms with van der Waals surface area (Å²) in [5.74, 6) is -0.0298. The third-order valence-electron chi connectivity index (χ3n) is 4.08. The lowest BCUT2D eigenvalue weighted by Gasteiger charge is -2.31. The molecule has 1 aliphatic carbocycles. The molecule has 0 radical (unpaired) electrons. The van der Waals surface area contributed by atoms with Gasteiger partial charge in [-0.3, -0.25) is 9.59 Å². The van der Waals surface area contributed by atoms with Crippen LogP contribution in [0.15, 0.2) is 29.2 Å². The van der Waals surface area contributed by atoms with Gasteiger partial charge < -0.3 is 14.8 Å². The van der Waals surface area contributed by atoms with Crippen LogP contribution in [-0.2, 0) is 14.3 Å². The predicted molar refractivity (Wildman–Crippen MR) is 94.2 cm³/mol. The average molecular weight is 362 g/mol. The summed E-state index contributed by atoms with van der Waals surface area (Å²) < 4.78 is 10.1. The standard InChI is InChI=1S/C18H22N2O4S/c1-23-14-5-7-15(8-6-14)25-12-17(22)24-11-16(21)20-18(13-19)9-3-2-4-10-18/h5-8H,2-4,9-12H2,1H3,(H,20,21). The van der Waals surface area contributed by atoms with Crippen LogP contribution in [0.3, 0.4) is 0 Å². The molecule has 0 unspecified atom stereocenters. The highest BCUT2D eigenvalue weighted by molar-refractivity contribution is 8.00. The number of hydrogen-bond acceptors (Lipinski definition) is 6. The van der Waals surface area contributed by atoms with Crippen molar-refractivity contribution < 1.29 is 19.1 Å². The number of carbonyl (C=O) groups is 2. The zero-order chi connectivity index (χ0) is 18.1. The number of hydrogen-bond donors (Lipinski definition) is 1. The molecule has 2 rings (SSSR count). The van der Waals surface area contributed by atoms with Gasteiger partial charge in [-0.2, -0.15) is 5.26 Å². The molecule has 1 fully saturated rings. The highest BCUT2D eigenvalue weighted by atomic mass is 32.2. The summed E-state index contributed by atoms with van der Waals surface area (Å²) >= 11 is 1.32. The van der Waals surface area contributed by atoms with E-state index in [1.54, 1.807) is 7.11 Å². The van der Waals surface area contributed by atoms with E-state index in [1.165, 1.54) is 11.8 Å². The fourth-order valence-electron chi connectivity index (χ4n) is 2.72. The van der Waals surface area contributed by atoms with Crippen molar-refractivity contribution in [2.75, 3.05) is 19.5 Å². The number of carbonyl (C=O) groups excluding carboxylic acids is 2. The topological polar surface area (TPSA) is 88.4 Å². The number of rotatable bonds is 7. The first-order chi connectivity index (χ1) is 12.1. The summed E-state index contributed by atoms with van der Waals surface area (Å²) in [7, 11) is 1.59. The van der Waals surface area contributed by atoms with Crippen LogP contribution in [-0.4, -0.2) is 36.9 Å². The molecule has 6 nitrogen and oxygen atoms in total. The summed E-state index contributed by atoms with van der Waals surface area (Å²) in [5, 5.41) is 12.1. The lowest BCUT2D eigenvalue weighted by molar-refractivity contribution is -0.146. The smallest absolute Gasteiger partial charge is 0.316 e.